The average Bonchev–Trinajstić information content (AvgIpc) is 2.17. The van der Waals surface area contributed by atoms with Crippen molar-refractivity contribution in [2.45, 2.75) is 0 Å². The van der Waals surface area contributed by atoms with Crippen molar-refractivity contribution in [3.8, 4) is 5.75 Å². The SMILES string of the molecule is [CH2]COC(=O)COc1ccccc1. The standard InChI is InChI=1S/C10H11O3/c1-2-12-10(11)8-13-9-6-4-3-5-7-9/h3-7H,1-2,8H2. The van der Waals surface area contributed by atoms with Gasteiger partial charge in [0.05, 0.1) is 6.61 Å². The number of benzene rings is 1. The third kappa shape index (κ3) is 3.60. The predicted molar refractivity (Wildman–Crippen MR) is 48.3 cm³/mol. The molecule has 13 heavy (non-hydrogen) atoms. The lowest BCUT2D eigenvalue weighted by atomic mass is 10.3. The lowest BCUT2D eigenvalue weighted by molar-refractivity contribution is -0.144. The number of ether oxygens (including phenoxy) is 2. The highest BCUT2D eigenvalue weighted by molar-refractivity contribution is 5.71. The van der Waals surface area contributed by atoms with Gasteiger partial charge in [0.2, 0.25) is 0 Å². The number of hydrogen-bond donors (Lipinski definition) is 0. The summed E-state index contributed by atoms with van der Waals surface area (Å²) in [6.45, 7) is 3.45. The fourth-order valence-corrected chi connectivity index (χ4v) is 0.814. The summed E-state index contributed by atoms with van der Waals surface area (Å²) in [5, 5.41) is 0. The molecule has 1 aromatic rings. The molecular formula is C10H11O3. The van der Waals surface area contributed by atoms with Crippen LogP contribution in [0.3, 0.4) is 0 Å². The molecule has 0 saturated heterocycles. The van der Waals surface area contributed by atoms with E-state index in [0.717, 1.165) is 0 Å². The second-order valence-electron chi connectivity index (χ2n) is 2.32. The van der Waals surface area contributed by atoms with Gasteiger partial charge in [0.25, 0.3) is 0 Å². The van der Waals surface area contributed by atoms with E-state index in [-0.39, 0.29) is 13.2 Å². The van der Waals surface area contributed by atoms with Gasteiger partial charge in [-0.3, -0.25) is 0 Å². The van der Waals surface area contributed by atoms with Gasteiger partial charge in [-0.15, -0.1) is 0 Å². The Morgan fingerprint density at radius 1 is 1.31 bits per heavy atom. The number of para-hydroxylation sites is 1. The maximum Gasteiger partial charge on any atom is 0.344 e. The van der Waals surface area contributed by atoms with Crippen LogP contribution in [0.5, 0.6) is 5.75 Å². The van der Waals surface area contributed by atoms with E-state index in [9.17, 15) is 4.79 Å². The summed E-state index contributed by atoms with van der Waals surface area (Å²) in [6.07, 6.45) is 0. The number of rotatable bonds is 4. The summed E-state index contributed by atoms with van der Waals surface area (Å²) in [6, 6.07) is 9.10. The molecule has 69 valence electrons. The Balaban J connectivity index is 2.31. The second kappa shape index (κ2) is 5.19. The number of carbonyl (C=O) groups is 1. The van der Waals surface area contributed by atoms with Gasteiger partial charge >= 0.3 is 5.97 Å². The van der Waals surface area contributed by atoms with Gasteiger partial charge in [0.1, 0.15) is 5.75 Å². The van der Waals surface area contributed by atoms with Gasteiger partial charge in [-0.05, 0) is 19.1 Å². The van der Waals surface area contributed by atoms with Crippen molar-refractivity contribution in [2.24, 2.45) is 0 Å². The maximum atomic E-state index is 10.8. The summed E-state index contributed by atoms with van der Waals surface area (Å²) >= 11 is 0. The molecule has 1 aromatic carbocycles. The Labute approximate surface area is 77.3 Å². The summed E-state index contributed by atoms with van der Waals surface area (Å²) in [7, 11) is 0. The number of hydrogen-bond acceptors (Lipinski definition) is 3. The molecular weight excluding hydrogens is 168 g/mol. The molecule has 0 bridgehead atoms. The Kier molecular flexibility index (Phi) is 3.82. The van der Waals surface area contributed by atoms with Crippen LogP contribution in [0.2, 0.25) is 0 Å². The molecule has 0 amide bonds. The fraction of sp³-hybridized carbons (Fsp3) is 0.200. The third-order valence-electron chi connectivity index (χ3n) is 1.36. The highest BCUT2D eigenvalue weighted by Gasteiger charge is 2.01. The first-order chi connectivity index (χ1) is 6.33. The van der Waals surface area contributed by atoms with Gasteiger partial charge in [0.15, 0.2) is 6.61 Å². The first kappa shape index (κ1) is 9.58. The molecule has 0 saturated carbocycles. The topological polar surface area (TPSA) is 35.5 Å². The van der Waals surface area contributed by atoms with Crippen LogP contribution in [0.25, 0.3) is 0 Å². The minimum absolute atomic E-state index is 0.0699. The van der Waals surface area contributed by atoms with Crippen LogP contribution in [0, 0.1) is 6.92 Å². The van der Waals surface area contributed by atoms with Crippen LogP contribution in [0.4, 0.5) is 0 Å². The minimum atomic E-state index is -0.404. The van der Waals surface area contributed by atoms with Crippen molar-refractivity contribution in [2.75, 3.05) is 13.2 Å². The van der Waals surface area contributed by atoms with E-state index in [2.05, 4.69) is 11.7 Å². The largest absolute Gasteiger partial charge is 0.482 e. The molecule has 0 N–H and O–H groups in total. The first-order valence-corrected chi connectivity index (χ1v) is 3.95. The number of carbonyl (C=O) groups excluding carboxylic acids is 1. The van der Waals surface area contributed by atoms with Crippen molar-refractivity contribution >= 4 is 5.97 Å². The Hall–Kier alpha value is -1.51. The lowest BCUT2D eigenvalue weighted by Gasteiger charge is -2.04. The van der Waals surface area contributed by atoms with Gasteiger partial charge in [-0.2, -0.15) is 0 Å². The van der Waals surface area contributed by atoms with Crippen molar-refractivity contribution in [3.63, 3.8) is 0 Å². The van der Waals surface area contributed by atoms with Crippen molar-refractivity contribution < 1.29 is 14.3 Å². The molecule has 0 aliphatic heterocycles. The smallest absolute Gasteiger partial charge is 0.344 e. The molecule has 0 heterocycles. The zero-order valence-corrected chi connectivity index (χ0v) is 7.23. The van der Waals surface area contributed by atoms with Crippen molar-refractivity contribution in [1.82, 2.24) is 0 Å². The molecule has 3 heteroatoms. The highest BCUT2D eigenvalue weighted by Crippen LogP contribution is 2.07. The Morgan fingerprint density at radius 3 is 2.62 bits per heavy atom. The van der Waals surface area contributed by atoms with Crippen LogP contribution < -0.4 is 4.74 Å². The monoisotopic (exact) mass is 179 g/mol. The van der Waals surface area contributed by atoms with Gasteiger partial charge in [-0.25, -0.2) is 4.79 Å². The van der Waals surface area contributed by atoms with Crippen LogP contribution in [-0.2, 0) is 9.53 Å². The quantitative estimate of drug-likeness (QED) is 0.656. The fourth-order valence-electron chi connectivity index (χ4n) is 0.814. The minimum Gasteiger partial charge on any atom is -0.482 e. The van der Waals surface area contributed by atoms with E-state index in [4.69, 9.17) is 4.74 Å². The molecule has 1 radical (unpaired) electrons. The van der Waals surface area contributed by atoms with Gasteiger partial charge in [0, 0.05) is 0 Å². The maximum absolute atomic E-state index is 10.8. The molecule has 0 spiro atoms. The van der Waals surface area contributed by atoms with Crippen LogP contribution >= 0.6 is 0 Å². The zero-order valence-electron chi connectivity index (χ0n) is 7.23. The molecule has 0 aliphatic rings. The Morgan fingerprint density at radius 2 is 2.00 bits per heavy atom. The van der Waals surface area contributed by atoms with Crippen molar-refractivity contribution in [3.05, 3.63) is 37.3 Å². The van der Waals surface area contributed by atoms with Crippen LogP contribution in [0.1, 0.15) is 0 Å². The summed E-state index contributed by atoms with van der Waals surface area (Å²) < 4.78 is 9.71. The molecule has 3 nitrogen and oxygen atoms in total. The van der Waals surface area contributed by atoms with Gasteiger partial charge < -0.3 is 9.47 Å². The van der Waals surface area contributed by atoms with Crippen LogP contribution in [-0.4, -0.2) is 19.2 Å². The molecule has 0 aromatic heterocycles. The van der Waals surface area contributed by atoms with E-state index in [1.165, 1.54) is 0 Å². The highest BCUT2D eigenvalue weighted by atomic mass is 16.6. The molecule has 0 fully saturated rings. The second-order valence-corrected chi connectivity index (χ2v) is 2.32. The summed E-state index contributed by atoms with van der Waals surface area (Å²) in [5.41, 5.74) is 0. The third-order valence-corrected chi connectivity index (χ3v) is 1.36. The van der Waals surface area contributed by atoms with E-state index >= 15 is 0 Å². The van der Waals surface area contributed by atoms with Crippen LogP contribution in [0.15, 0.2) is 30.3 Å². The molecule has 1 rings (SSSR count). The Bertz CT molecular complexity index is 256. The summed E-state index contributed by atoms with van der Waals surface area (Å²) in [5.74, 6) is 0.252. The van der Waals surface area contributed by atoms with Crippen molar-refractivity contribution in [1.29, 1.82) is 0 Å². The normalized spacial score (nSPS) is 9.31. The molecule has 0 atom stereocenters. The van der Waals surface area contributed by atoms with Gasteiger partial charge in [-0.1, -0.05) is 18.2 Å². The average molecular weight is 179 g/mol. The van der Waals surface area contributed by atoms with E-state index in [1.54, 1.807) is 12.1 Å². The lowest BCUT2D eigenvalue weighted by Crippen LogP contribution is -2.14. The predicted octanol–water partition coefficient (Wildman–Crippen LogP) is 1.44. The number of esters is 1. The first-order valence-electron chi connectivity index (χ1n) is 3.95. The van der Waals surface area contributed by atoms with E-state index < -0.39 is 5.97 Å². The van der Waals surface area contributed by atoms with E-state index in [1.807, 2.05) is 18.2 Å². The summed E-state index contributed by atoms with van der Waals surface area (Å²) in [4.78, 5) is 10.8. The molecule has 0 unspecified atom stereocenters. The molecule has 0 aliphatic carbocycles. The van der Waals surface area contributed by atoms with E-state index in [0.29, 0.717) is 5.75 Å². The zero-order chi connectivity index (χ0) is 9.52.